The molecule has 0 aliphatic carbocycles. The second kappa shape index (κ2) is 5.27. The molecule has 0 fully saturated rings. The Morgan fingerprint density at radius 3 is 2.83 bits per heavy atom. The van der Waals surface area contributed by atoms with Crippen molar-refractivity contribution in [2.45, 2.75) is 13.5 Å². The lowest BCUT2D eigenvalue weighted by Crippen LogP contribution is -2.08. The molecule has 18 heavy (non-hydrogen) atoms. The third-order valence-corrected chi connectivity index (χ3v) is 2.29. The molecule has 2 aromatic rings. The molecule has 2 heterocycles. The zero-order chi connectivity index (χ0) is 13.0. The first-order chi connectivity index (χ1) is 8.65. The fraction of sp³-hybridized carbons (Fsp3) is 0.154. The van der Waals surface area contributed by atoms with Gasteiger partial charge in [0.2, 0.25) is 0 Å². The third kappa shape index (κ3) is 3.04. The SMILES string of the molecule is Cc1cccc(COC(=O)c2ccc(N)cn2)n1. The fourth-order valence-electron chi connectivity index (χ4n) is 1.42. The fourth-order valence-corrected chi connectivity index (χ4v) is 1.42. The van der Waals surface area contributed by atoms with Crippen LogP contribution >= 0.6 is 0 Å². The van der Waals surface area contributed by atoms with Crippen molar-refractivity contribution in [2.24, 2.45) is 0 Å². The number of hydrogen-bond donors (Lipinski definition) is 1. The van der Waals surface area contributed by atoms with E-state index in [2.05, 4.69) is 9.97 Å². The van der Waals surface area contributed by atoms with Gasteiger partial charge in [0.1, 0.15) is 12.3 Å². The highest BCUT2D eigenvalue weighted by Crippen LogP contribution is 2.05. The molecule has 5 heteroatoms. The molecule has 0 atom stereocenters. The number of rotatable bonds is 3. The Kier molecular flexibility index (Phi) is 3.52. The number of carbonyl (C=O) groups excluding carboxylic acids is 1. The lowest BCUT2D eigenvalue weighted by atomic mass is 10.3. The Bertz CT molecular complexity index is 552. The number of pyridine rings is 2. The predicted molar refractivity (Wildman–Crippen MR) is 66.7 cm³/mol. The van der Waals surface area contributed by atoms with Crippen LogP contribution in [-0.4, -0.2) is 15.9 Å². The predicted octanol–water partition coefficient (Wildman–Crippen LogP) is 1.72. The summed E-state index contributed by atoms with van der Waals surface area (Å²) in [6, 6.07) is 8.69. The molecule has 0 bridgehead atoms. The Morgan fingerprint density at radius 1 is 1.33 bits per heavy atom. The van der Waals surface area contributed by atoms with Crippen molar-refractivity contribution in [3.05, 3.63) is 53.6 Å². The van der Waals surface area contributed by atoms with E-state index in [-0.39, 0.29) is 12.3 Å². The van der Waals surface area contributed by atoms with E-state index in [4.69, 9.17) is 10.5 Å². The molecule has 0 saturated heterocycles. The van der Waals surface area contributed by atoms with Gasteiger partial charge < -0.3 is 10.5 Å². The average molecular weight is 243 g/mol. The first-order valence-corrected chi connectivity index (χ1v) is 5.46. The van der Waals surface area contributed by atoms with E-state index in [0.717, 1.165) is 5.69 Å². The molecule has 2 aromatic heterocycles. The Hall–Kier alpha value is -2.43. The molecule has 0 unspecified atom stereocenters. The molecule has 0 amide bonds. The van der Waals surface area contributed by atoms with E-state index in [9.17, 15) is 4.79 Å². The summed E-state index contributed by atoms with van der Waals surface area (Å²) < 4.78 is 5.10. The summed E-state index contributed by atoms with van der Waals surface area (Å²) in [6.45, 7) is 2.01. The molecular formula is C13H13N3O2. The van der Waals surface area contributed by atoms with Crippen molar-refractivity contribution in [3.8, 4) is 0 Å². The number of anilines is 1. The lowest BCUT2D eigenvalue weighted by Gasteiger charge is -2.04. The molecular weight excluding hydrogens is 230 g/mol. The highest BCUT2D eigenvalue weighted by Gasteiger charge is 2.08. The van der Waals surface area contributed by atoms with Crippen LogP contribution in [0.4, 0.5) is 5.69 Å². The van der Waals surface area contributed by atoms with Crippen molar-refractivity contribution in [1.29, 1.82) is 0 Å². The van der Waals surface area contributed by atoms with Crippen molar-refractivity contribution in [1.82, 2.24) is 9.97 Å². The Balaban J connectivity index is 1.98. The van der Waals surface area contributed by atoms with Crippen LogP contribution in [0.25, 0.3) is 0 Å². The van der Waals surface area contributed by atoms with Gasteiger partial charge in [0.25, 0.3) is 0 Å². The van der Waals surface area contributed by atoms with Gasteiger partial charge in [-0.25, -0.2) is 9.78 Å². The van der Waals surface area contributed by atoms with Gasteiger partial charge in [0, 0.05) is 5.69 Å². The summed E-state index contributed by atoms with van der Waals surface area (Å²) in [6.07, 6.45) is 1.42. The van der Waals surface area contributed by atoms with Gasteiger partial charge in [0.15, 0.2) is 0 Å². The molecule has 0 aliphatic heterocycles. The van der Waals surface area contributed by atoms with Crippen LogP contribution in [0.5, 0.6) is 0 Å². The van der Waals surface area contributed by atoms with E-state index >= 15 is 0 Å². The standard InChI is InChI=1S/C13H13N3O2/c1-9-3-2-4-11(16-9)8-18-13(17)12-6-5-10(14)7-15-12/h2-7H,8,14H2,1H3. The number of hydrogen-bond acceptors (Lipinski definition) is 5. The number of carbonyl (C=O) groups is 1. The van der Waals surface area contributed by atoms with Gasteiger partial charge in [-0.1, -0.05) is 6.07 Å². The van der Waals surface area contributed by atoms with E-state index in [1.54, 1.807) is 12.1 Å². The molecule has 0 saturated carbocycles. The molecule has 0 aliphatic rings. The number of nitrogens with two attached hydrogens (primary N) is 1. The van der Waals surface area contributed by atoms with Crippen molar-refractivity contribution in [3.63, 3.8) is 0 Å². The number of aromatic nitrogens is 2. The molecule has 5 nitrogen and oxygen atoms in total. The summed E-state index contributed by atoms with van der Waals surface area (Å²) in [5.74, 6) is -0.488. The summed E-state index contributed by atoms with van der Waals surface area (Å²) in [4.78, 5) is 19.8. The van der Waals surface area contributed by atoms with Gasteiger partial charge in [-0.2, -0.15) is 0 Å². The van der Waals surface area contributed by atoms with Crippen LogP contribution < -0.4 is 5.73 Å². The molecule has 0 aromatic carbocycles. The van der Waals surface area contributed by atoms with Gasteiger partial charge >= 0.3 is 5.97 Å². The quantitative estimate of drug-likeness (QED) is 0.830. The monoisotopic (exact) mass is 243 g/mol. The maximum atomic E-state index is 11.7. The van der Waals surface area contributed by atoms with Gasteiger partial charge in [-0.05, 0) is 31.2 Å². The largest absolute Gasteiger partial charge is 0.454 e. The van der Waals surface area contributed by atoms with Crippen molar-refractivity contribution >= 4 is 11.7 Å². The second-order valence-corrected chi connectivity index (χ2v) is 3.82. The number of ether oxygens (including phenoxy) is 1. The normalized spacial score (nSPS) is 10.1. The zero-order valence-corrected chi connectivity index (χ0v) is 9.96. The molecule has 0 radical (unpaired) electrons. The van der Waals surface area contributed by atoms with Crippen molar-refractivity contribution < 1.29 is 9.53 Å². The number of nitrogens with zero attached hydrogens (tertiary/aromatic N) is 2. The third-order valence-electron chi connectivity index (χ3n) is 2.29. The topological polar surface area (TPSA) is 78.1 Å². The van der Waals surface area contributed by atoms with E-state index in [1.807, 2.05) is 19.1 Å². The van der Waals surface area contributed by atoms with E-state index < -0.39 is 5.97 Å². The molecule has 2 N–H and O–H groups in total. The van der Waals surface area contributed by atoms with Crippen LogP contribution in [0.15, 0.2) is 36.5 Å². The summed E-state index contributed by atoms with van der Waals surface area (Å²) in [7, 11) is 0. The first-order valence-electron chi connectivity index (χ1n) is 5.46. The minimum atomic E-state index is -0.488. The highest BCUT2D eigenvalue weighted by molar-refractivity contribution is 5.87. The smallest absolute Gasteiger partial charge is 0.357 e. The maximum absolute atomic E-state index is 11.7. The van der Waals surface area contributed by atoms with Gasteiger partial charge in [0.05, 0.1) is 17.6 Å². The van der Waals surface area contributed by atoms with Crippen LogP contribution in [0.1, 0.15) is 21.9 Å². The number of nitrogen functional groups attached to an aromatic ring is 1. The van der Waals surface area contributed by atoms with Crippen molar-refractivity contribution in [2.75, 3.05) is 5.73 Å². The first kappa shape index (κ1) is 12.0. The minimum Gasteiger partial charge on any atom is -0.454 e. The summed E-state index contributed by atoms with van der Waals surface area (Å²) in [5, 5.41) is 0. The Labute approximate surface area is 105 Å². The van der Waals surface area contributed by atoms with Crippen LogP contribution in [0.3, 0.4) is 0 Å². The lowest BCUT2D eigenvalue weighted by molar-refractivity contribution is 0.0460. The molecule has 92 valence electrons. The summed E-state index contributed by atoms with van der Waals surface area (Å²) >= 11 is 0. The minimum absolute atomic E-state index is 0.132. The molecule has 2 rings (SSSR count). The van der Waals surface area contributed by atoms with E-state index in [1.165, 1.54) is 12.3 Å². The number of esters is 1. The van der Waals surface area contributed by atoms with Gasteiger partial charge in [-0.3, -0.25) is 4.98 Å². The zero-order valence-electron chi connectivity index (χ0n) is 9.96. The van der Waals surface area contributed by atoms with E-state index in [0.29, 0.717) is 11.4 Å². The second-order valence-electron chi connectivity index (χ2n) is 3.82. The highest BCUT2D eigenvalue weighted by atomic mass is 16.5. The van der Waals surface area contributed by atoms with Crippen LogP contribution in [0, 0.1) is 6.92 Å². The van der Waals surface area contributed by atoms with Gasteiger partial charge in [-0.15, -0.1) is 0 Å². The summed E-state index contributed by atoms with van der Waals surface area (Å²) in [5.41, 5.74) is 7.81. The number of aryl methyl sites for hydroxylation is 1. The average Bonchev–Trinajstić information content (AvgIpc) is 2.37. The van der Waals surface area contributed by atoms with Crippen LogP contribution in [-0.2, 0) is 11.3 Å². The Morgan fingerprint density at radius 2 is 2.17 bits per heavy atom. The maximum Gasteiger partial charge on any atom is 0.357 e. The van der Waals surface area contributed by atoms with Crippen LogP contribution in [0.2, 0.25) is 0 Å². The molecule has 0 spiro atoms.